The second-order valence-electron chi connectivity index (χ2n) is 7.72. The van der Waals surface area contributed by atoms with Gasteiger partial charge in [-0.1, -0.05) is 19.9 Å². The van der Waals surface area contributed by atoms with E-state index in [1.165, 1.54) is 24.3 Å². The minimum atomic E-state index is -0.633. The Hall–Kier alpha value is -3.09. The third-order valence-electron chi connectivity index (χ3n) is 5.34. The minimum Gasteiger partial charge on any atom is -0.497 e. The topological polar surface area (TPSA) is 61.9 Å². The van der Waals surface area contributed by atoms with Gasteiger partial charge in [0, 0.05) is 43.5 Å². The Morgan fingerprint density at radius 1 is 1.03 bits per heavy atom. The molecule has 30 heavy (non-hydrogen) atoms. The summed E-state index contributed by atoms with van der Waals surface area (Å²) in [7, 11) is 1.64. The number of ether oxygens (including phenoxy) is 1. The first kappa shape index (κ1) is 21.6. The Kier molecular flexibility index (Phi) is 6.92. The first-order valence-corrected chi connectivity index (χ1v) is 10.1. The van der Waals surface area contributed by atoms with Gasteiger partial charge >= 0.3 is 0 Å². The van der Waals surface area contributed by atoms with Gasteiger partial charge < -0.3 is 19.9 Å². The molecule has 160 valence electrons. The number of nitrogens with zero attached hydrogens (tertiary/aromatic N) is 2. The van der Waals surface area contributed by atoms with Crippen LogP contribution in [0.3, 0.4) is 0 Å². The summed E-state index contributed by atoms with van der Waals surface area (Å²) in [6, 6.07) is 12.5. The predicted molar refractivity (Wildman–Crippen MR) is 114 cm³/mol. The molecule has 2 amide bonds. The Morgan fingerprint density at radius 2 is 1.70 bits per heavy atom. The van der Waals surface area contributed by atoms with Crippen molar-refractivity contribution in [2.24, 2.45) is 5.92 Å². The van der Waals surface area contributed by atoms with E-state index in [0.29, 0.717) is 31.7 Å². The highest BCUT2D eigenvalue weighted by Crippen LogP contribution is 2.22. The summed E-state index contributed by atoms with van der Waals surface area (Å²) in [4.78, 5) is 29.7. The molecule has 1 N–H and O–H groups in total. The lowest BCUT2D eigenvalue weighted by Gasteiger charge is -2.38. The van der Waals surface area contributed by atoms with Crippen LogP contribution < -0.4 is 15.0 Å². The Morgan fingerprint density at radius 3 is 2.30 bits per heavy atom. The van der Waals surface area contributed by atoms with Crippen LogP contribution in [0, 0.1) is 11.7 Å². The van der Waals surface area contributed by atoms with Crippen molar-refractivity contribution in [3.8, 4) is 5.75 Å². The number of hydrogen-bond acceptors (Lipinski definition) is 4. The van der Waals surface area contributed by atoms with Gasteiger partial charge in [0.05, 0.1) is 7.11 Å². The smallest absolute Gasteiger partial charge is 0.251 e. The minimum absolute atomic E-state index is 0.0710. The quantitative estimate of drug-likeness (QED) is 0.791. The second-order valence-corrected chi connectivity index (χ2v) is 7.72. The molecular formula is C23H28FN3O3. The van der Waals surface area contributed by atoms with Crippen LogP contribution in [0.1, 0.15) is 24.2 Å². The average Bonchev–Trinajstić information content (AvgIpc) is 2.77. The van der Waals surface area contributed by atoms with E-state index >= 15 is 0 Å². The van der Waals surface area contributed by atoms with Gasteiger partial charge in [0.15, 0.2) is 0 Å². The molecule has 1 aliphatic rings. The molecule has 0 aliphatic carbocycles. The monoisotopic (exact) mass is 413 g/mol. The fourth-order valence-corrected chi connectivity index (χ4v) is 3.53. The lowest BCUT2D eigenvalue weighted by molar-refractivity contribution is -0.134. The number of rotatable bonds is 6. The summed E-state index contributed by atoms with van der Waals surface area (Å²) in [5, 5.41) is 2.82. The number of anilines is 1. The van der Waals surface area contributed by atoms with Crippen LogP contribution in [0.4, 0.5) is 10.1 Å². The maximum atomic E-state index is 13.1. The fourth-order valence-electron chi connectivity index (χ4n) is 3.53. The molecule has 3 rings (SSSR count). The number of carbonyl (C=O) groups is 2. The molecule has 1 heterocycles. The van der Waals surface area contributed by atoms with Crippen LogP contribution in [0.25, 0.3) is 0 Å². The molecule has 0 spiro atoms. The van der Waals surface area contributed by atoms with Crippen molar-refractivity contribution < 1.29 is 18.7 Å². The summed E-state index contributed by atoms with van der Waals surface area (Å²) in [6.45, 7) is 6.36. The van der Waals surface area contributed by atoms with E-state index in [4.69, 9.17) is 4.74 Å². The molecule has 0 unspecified atom stereocenters. The molecular weight excluding hydrogens is 385 g/mol. The van der Waals surface area contributed by atoms with Crippen LogP contribution in [0.15, 0.2) is 48.5 Å². The number of hydrogen-bond donors (Lipinski definition) is 1. The SMILES string of the molecule is COc1cccc(N2CCN(C(=O)[C@H](NC(=O)c3ccc(F)cc3)C(C)C)CC2)c1. The Bertz CT molecular complexity index is 878. The maximum absolute atomic E-state index is 13.1. The molecule has 1 fully saturated rings. The van der Waals surface area contributed by atoms with Gasteiger partial charge in [-0.25, -0.2) is 4.39 Å². The average molecular weight is 413 g/mol. The summed E-state index contributed by atoms with van der Waals surface area (Å²) in [5.74, 6) is -0.146. The number of piperazine rings is 1. The molecule has 1 saturated heterocycles. The van der Waals surface area contributed by atoms with Gasteiger partial charge in [0.2, 0.25) is 5.91 Å². The van der Waals surface area contributed by atoms with Crippen LogP contribution in [-0.2, 0) is 4.79 Å². The third-order valence-corrected chi connectivity index (χ3v) is 5.34. The van der Waals surface area contributed by atoms with E-state index in [-0.39, 0.29) is 17.7 Å². The Balaban J connectivity index is 1.62. The van der Waals surface area contributed by atoms with Crippen molar-refractivity contribution in [3.63, 3.8) is 0 Å². The summed E-state index contributed by atoms with van der Waals surface area (Å²) < 4.78 is 18.4. The molecule has 0 aromatic heterocycles. The molecule has 1 atom stereocenters. The number of methoxy groups -OCH3 is 1. The van der Waals surface area contributed by atoms with Crippen LogP contribution in [-0.4, -0.2) is 56.0 Å². The zero-order valence-corrected chi connectivity index (χ0v) is 17.6. The fraction of sp³-hybridized carbons (Fsp3) is 0.391. The first-order valence-electron chi connectivity index (χ1n) is 10.1. The van der Waals surface area contributed by atoms with E-state index in [1.807, 2.05) is 38.1 Å². The van der Waals surface area contributed by atoms with Gasteiger partial charge in [0.25, 0.3) is 5.91 Å². The summed E-state index contributed by atoms with van der Waals surface area (Å²) in [5.41, 5.74) is 1.39. The maximum Gasteiger partial charge on any atom is 0.251 e. The molecule has 1 aliphatic heterocycles. The second kappa shape index (κ2) is 9.61. The molecule has 2 aromatic carbocycles. The zero-order chi connectivity index (χ0) is 21.7. The first-order chi connectivity index (χ1) is 14.4. The van der Waals surface area contributed by atoms with Crippen molar-refractivity contribution in [1.82, 2.24) is 10.2 Å². The van der Waals surface area contributed by atoms with Gasteiger partial charge in [0.1, 0.15) is 17.6 Å². The van der Waals surface area contributed by atoms with E-state index < -0.39 is 11.9 Å². The van der Waals surface area contributed by atoms with E-state index in [1.54, 1.807) is 12.0 Å². The summed E-state index contributed by atoms with van der Waals surface area (Å²) in [6.07, 6.45) is 0. The normalized spacial score (nSPS) is 15.1. The molecule has 0 saturated carbocycles. The molecule has 7 heteroatoms. The molecule has 6 nitrogen and oxygen atoms in total. The molecule has 0 radical (unpaired) electrons. The van der Waals surface area contributed by atoms with Crippen molar-refractivity contribution in [2.75, 3.05) is 38.2 Å². The number of carbonyl (C=O) groups excluding carboxylic acids is 2. The van der Waals surface area contributed by atoms with Crippen molar-refractivity contribution in [1.29, 1.82) is 0 Å². The van der Waals surface area contributed by atoms with Crippen molar-refractivity contribution in [2.45, 2.75) is 19.9 Å². The Labute approximate surface area is 176 Å². The highest BCUT2D eigenvalue weighted by molar-refractivity contribution is 5.97. The van der Waals surface area contributed by atoms with Gasteiger partial charge in [-0.15, -0.1) is 0 Å². The van der Waals surface area contributed by atoms with Gasteiger partial charge in [-0.3, -0.25) is 9.59 Å². The number of nitrogens with one attached hydrogen (secondary N) is 1. The van der Waals surface area contributed by atoms with Crippen LogP contribution in [0.5, 0.6) is 5.75 Å². The largest absolute Gasteiger partial charge is 0.497 e. The molecule has 0 bridgehead atoms. The van der Waals surface area contributed by atoms with Gasteiger partial charge in [-0.2, -0.15) is 0 Å². The summed E-state index contributed by atoms with van der Waals surface area (Å²) >= 11 is 0. The van der Waals surface area contributed by atoms with Gasteiger partial charge in [-0.05, 0) is 42.3 Å². The standard InChI is InChI=1S/C23H28FN3O3/c1-16(2)21(25-22(28)17-7-9-18(24)10-8-17)23(29)27-13-11-26(12-14-27)19-5-4-6-20(15-19)30-3/h4-10,15-16,21H,11-14H2,1-3H3,(H,25,28)/t21-/m1/s1. The predicted octanol–water partition coefficient (Wildman–Crippen LogP) is 2.94. The van der Waals surface area contributed by atoms with Crippen molar-refractivity contribution >= 4 is 17.5 Å². The lowest BCUT2D eigenvalue weighted by Crippen LogP contribution is -2.56. The number of halogens is 1. The van der Waals surface area contributed by atoms with E-state index in [0.717, 1.165) is 11.4 Å². The van der Waals surface area contributed by atoms with Crippen molar-refractivity contribution in [3.05, 3.63) is 59.9 Å². The highest BCUT2D eigenvalue weighted by Gasteiger charge is 2.31. The van der Waals surface area contributed by atoms with E-state index in [2.05, 4.69) is 10.2 Å². The van der Waals surface area contributed by atoms with Crippen LogP contribution in [0.2, 0.25) is 0 Å². The zero-order valence-electron chi connectivity index (χ0n) is 17.6. The van der Waals surface area contributed by atoms with Crippen LogP contribution >= 0.6 is 0 Å². The number of amides is 2. The molecule has 2 aromatic rings. The number of benzene rings is 2. The lowest BCUT2D eigenvalue weighted by atomic mass is 10.0. The highest BCUT2D eigenvalue weighted by atomic mass is 19.1. The third kappa shape index (κ3) is 5.09. The van der Waals surface area contributed by atoms with E-state index in [9.17, 15) is 14.0 Å².